The number of rotatable bonds is 5. The third kappa shape index (κ3) is 4.62. The number of nitriles is 1. The Balaban J connectivity index is 1.43. The van der Waals surface area contributed by atoms with Gasteiger partial charge in [-0.3, -0.25) is 0 Å². The Morgan fingerprint density at radius 3 is 2.66 bits per heavy atom. The number of hydrogen-bond acceptors (Lipinski definition) is 5. The van der Waals surface area contributed by atoms with Crippen molar-refractivity contribution >= 4 is 12.0 Å². The van der Waals surface area contributed by atoms with Crippen LogP contribution in [0.1, 0.15) is 11.1 Å². The monoisotopic (exact) mass is 387 g/mol. The number of nitrogens with zero attached hydrogens (tertiary/aromatic N) is 5. The van der Waals surface area contributed by atoms with Gasteiger partial charge in [0.15, 0.2) is 0 Å². The quantitative estimate of drug-likeness (QED) is 0.491. The van der Waals surface area contributed by atoms with Gasteiger partial charge in [-0.15, -0.1) is 5.10 Å². The minimum Gasteiger partial charge on any atom is -0.437 e. The molecule has 7 heteroatoms. The Labute approximate surface area is 169 Å². The summed E-state index contributed by atoms with van der Waals surface area (Å²) in [7, 11) is 0. The standard InChI is InChI=1S/C22H21N5O2/c1-17-14-19(24-16-26-10-12-28-13-11-26)4-7-21(17)29-22-8-9-27(25-22)20-5-2-18(15-23)3-6-20/h2-9,14,16H,10-13H2,1H3/b24-16+. The third-order valence-electron chi connectivity index (χ3n) is 4.61. The molecule has 1 aliphatic rings. The van der Waals surface area contributed by atoms with E-state index >= 15 is 0 Å². The molecule has 0 saturated carbocycles. The van der Waals surface area contributed by atoms with Crippen molar-refractivity contribution in [3.8, 4) is 23.4 Å². The van der Waals surface area contributed by atoms with Crippen LogP contribution in [0, 0.1) is 18.3 Å². The van der Waals surface area contributed by atoms with Crippen LogP contribution in [0.2, 0.25) is 0 Å². The number of hydrogen-bond donors (Lipinski definition) is 0. The van der Waals surface area contributed by atoms with E-state index in [0.717, 1.165) is 49.0 Å². The van der Waals surface area contributed by atoms with Gasteiger partial charge in [-0.05, 0) is 55.0 Å². The topological polar surface area (TPSA) is 75.7 Å². The maximum absolute atomic E-state index is 8.90. The van der Waals surface area contributed by atoms with Crippen LogP contribution >= 0.6 is 0 Å². The van der Waals surface area contributed by atoms with Gasteiger partial charge in [-0.1, -0.05) is 0 Å². The Bertz CT molecular complexity index is 1040. The largest absolute Gasteiger partial charge is 0.437 e. The summed E-state index contributed by atoms with van der Waals surface area (Å²) in [5, 5.41) is 13.4. The first-order valence-corrected chi connectivity index (χ1v) is 9.42. The Morgan fingerprint density at radius 1 is 1.14 bits per heavy atom. The maximum atomic E-state index is 8.90. The zero-order valence-electron chi connectivity index (χ0n) is 16.2. The molecule has 1 aliphatic heterocycles. The summed E-state index contributed by atoms with van der Waals surface area (Å²) in [5.74, 6) is 1.24. The molecule has 7 nitrogen and oxygen atoms in total. The Morgan fingerprint density at radius 2 is 1.93 bits per heavy atom. The number of benzene rings is 2. The van der Waals surface area contributed by atoms with Gasteiger partial charge in [-0.2, -0.15) is 5.26 Å². The predicted octanol–water partition coefficient (Wildman–Crippen LogP) is 3.84. The van der Waals surface area contributed by atoms with Crippen molar-refractivity contribution in [2.45, 2.75) is 6.92 Å². The van der Waals surface area contributed by atoms with E-state index in [1.54, 1.807) is 16.8 Å². The normalized spacial score (nSPS) is 14.1. The van der Waals surface area contributed by atoms with E-state index in [1.807, 2.05) is 55.9 Å². The highest BCUT2D eigenvalue weighted by Gasteiger charge is 2.08. The highest BCUT2D eigenvalue weighted by molar-refractivity contribution is 5.62. The van der Waals surface area contributed by atoms with Crippen LogP contribution in [0.3, 0.4) is 0 Å². The van der Waals surface area contributed by atoms with Crippen LogP contribution in [-0.4, -0.2) is 47.3 Å². The van der Waals surface area contributed by atoms with Crippen molar-refractivity contribution in [3.05, 3.63) is 65.9 Å². The summed E-state index contributed by atoms with van der Waals surface area (Å²) in [5.41, 5.74) is 3.34. The van der Waals surface area contributed by atoms with Crippen molar-refractivity contribution in [1.29, 1.82) is 5.26 Å². The molecule has 0 spiro atoms. The molecule has 0 atom stereocenters. The summed E-state index contributed by atoms with van der Waals surface area (Å²) >= 11 is 0. The van der Waals surface area contributed by atoms with E-state index in [-0.39, 0.29) is 0 Å². The lowest BCUT2D eigenvalue weighted by Gasteiger charge is -2.24. The molecule has 0 bridgehead atoms. The molecular weight excluding hydrogens is 366 g/mol. The van der Waals surface area contributed by atoms with E-state index in [4.69, 9.17) is 14.7 Å². The lowest BCUT2D eigenvalue weighted by atomic mass is 10.2. The lowest BCUT2D eigenvalue weighted by molar-refractivity contribution is 0.0701. The third-order valence-corrected chi connectivity index (χ3v) is 4.61. The zero-order chi connectivity index (χ0) is 20.1. The molecule has 1 fully saturated rings. The molecule has 1 aromatic heterocycles. The predicted molar refractivity (Wildman–Crippen MR) is 110 cm³/mol. The van der Waals surface area contributed by atoms with Crippen LogP contribution < -0.4 is 4.74 Å². The summed E-state index contributed by atoms with van der Waals surface area (Å²) in [4.78, 5) is 6.70. The van der Waals surface area contributed by atoms with Crippen LogP contribution in [0.5, 0.6) is 11.6 Å². The van der Waals surface area contributed by atoms with Gasteiger partial charge in [0.05, 0.1) is 42.6 Å². The second kappa shape index (κ2) is 8.59. The van der Waals surface area contributed by atoms with Gasteiger partial charge < -0.3 is 14.4 Å². The molecule has 2 aromatic carbocycles. The highest BCUT2D eigenvalue weighted by atomic mass is 16.5. The van der Waals surface area contributed by atoms with Crippen LogP contribution in [0.15, 0.2) is 59.7 Å². The van der Waals surface area contributed by atoms with E-state index in [0.29, 0.717) is 11.4 Å². The van der Waals surface area contributed by atoms with Crippen molar-refractivity contribution in [2.24, 2.45) is 4.99 Å². The number of aryl methyl sites for hydroxylation is 1. The molecule has 0 radical (unpaired) electrons. The van der Waals surface area contributed by atoms with Crippen molar-refractivity contribution in [3.63, 3.8) is 0 Å². The average Bonchev–Trinajstić information content (AvgIpc) is 3.23. The lowest BCUT2D eigenvalue weighted by Crippen LogP contribution is -2.34. The summed E-state index contributed by atoms with van der Waals surface area (Å²) in [6.07, 6.45) is 3.70. The van der Waals surface area contributed by atoms with Gasteiger partial charge in [0, 0.05) is 25.4 Å². The minimum atomic E-state index is 0.502. The molecule has 1 saturated heterocycles. The maximum Gasteiger partial charge on any atom is 0.238 e. The fourth-order valence-corrected chi connectivity index (χ4v) is 2.98. The van der Waals surface area contributed by atoms with E-state index in [2.05, 4.69) is 21.1 Å². The van der Waals surface area contributed by atoms with Crippen LogP contribution in [0.4, 0.5) is 5.69 Å². The van der Waals surface area contributed by atoms with E-state index in [1.165, 1.54) is 0 Å². The Hall–Kier alpha value is -3.63. The average molecular weight is 387 g/mol. The smallest absolute Gasteiger partial charge is 0.238 e. The molecule has 0 unspecified atom stereocenters. The fourth-order valence-electron chi connectivity index (χ4n) is 2.98. The number of morpholine rings is 1. The van der Waals surface area contributed by atoms with Crippen molar-refractivity contribution in [1.82, 2.24) is 14.7 Å². The molecule has 2 heterocycles. The molecular formula is C22H21N5O2. The van der Waals surface area contributed by atoms with Gasteiger partial charge >= 0.3 is 0 Å². The van der Waals surface area contributed by atoms with Crippen LogP contribution in [0.25, 0.3) is 5.69 Å². The number of aromatic nitrogens is 2. The van der Waals surface area contributed by atoms with Gasteiger partial charge in [-0.25, -0.2) is 9.67 Å². The van der Waals surface area contributed by atoms with Crippen molar-refractivity contribution < 1.29 is 9.47 Å². The molecule has 3 aromatic rings. The first-order valence-electron chi connectivity index (χ1n) is 9.42. The molecule has 146 valence electrons. The second-order valence-corrected chi connectivity index (χ2v) is 6.70. The minimum absolute atomic E-state index is 0.502. The summed E-state index contributed by atoms with van der Waals surface area (Å²) in [6.45, 7) is 5.21. The van der Waals surface area contributed by atoms with Crippen molar-refractivity contribution in [2.75, 3.05) is 26.3 Å². The first-order chi connectivity index (χ1) is 14.2. The van der Waals surface area contributed by atoms with E-state index < -0.39 is 0 Å². The van der Waals surface area contributed by atoms with Gasteiger partial charge in [0.2, 0.25) is 5.88 Å². The summed E-state index contributed by atoms with van der Waals surface area (Å²) < 4.78 is 13.0. The Kier molecular flexibility index (Phi) is 5.54. The molecule has 0 N–H and O–H groups in total. The van der Waals surface area contributed by atoms with Crippen LogP contribution in [-0.2, 0) is 4.74 Å². The number of aliphatic imine (C=N–C) groups is 1. The van der Waals surface area contributed by atoms with Gasteiger partial charge in [0.1, 0.15) is 5.75 Å². The van der Waals surface area contributed by atoms with E-state index in [9.17, 15) is 0 Å². The SMILES string of the molecule is Cc1cc(/N=C/N2CCOCC2)ccc1Oc1ccn(-c2ccc(C#N)cc2)n1. The second-order valence-electron chi connectivity index (χ2n) is 6.70. The fraction of sp³-hybridized carbons (Fsp3) is 0.227. The summed E-state index contributed by atoms with van der Waals surface area (Å²) in [6, 6.07) is 17.0. The molecule has 0 aliphatic carbocycles. The molecule has 4 rings (SSSR count). The first kappa shape index (κ1) is 18.7. The molecule has 29 heavy (non-hydrogen) atoms. The number of ether oxygens (including phenoxy) is 2. The zero-order valence-corrected chi connectivity index (χ0v) is 16.2. The van der Waals surface area contributed by atoms with Gasteiger partial charge in [0.25, 0.3) is 0 Å². The highest BCUT2D eigenvalue weighted by Crippen LogP contribution is 2.28. The molecule has 0 amide bonds.